The van der Waals surface area contributed by atoms with Gasteiger partial charge >= 0.3 is 0 Å². The number of hydrogen-bond donors (Lipinski definition) is 4. The highest BCUT2D eigenvalue weighted by Gasteiger charge is 2.32. The lowest BCUT2D eigenvalue weighted by molar-refractivity contribution is -0.0526. The van der Waals surface area contributed by atoms with Crippen LogP contribution in [0.5, 0.6) is 0 Å². The molecule has 0 heterocycles. The Labute approximate surface area is 78.4 Å². The van der Waals surface area contributed by atoms with E-state index in [4.69, 9.17) is 5.73 Å². The van der Waals surface area contributed by atoms with E-state index in [-0.39, 0.29) is 12.0 Å². The monoisotopic (exact) mass is 189 g/mol. The highest BCUT2D eigenvalue weighted by atomic mass is 16.3. The van der Waals surface area contributed by atoms with Gasteiger partial charge in [-0.05, 0) is 32.1 Å². The molecule has 0 aliphatic heterocycles. The van der Waals surface area contributed by atoms with Crippen LogP contribution in [0.2, 0.25) is 0 Å². The highest BCUT2D eigenvalue weighted by Crippen LogP contribution is 2.28. The third kappa shape index (κ3) is 2.64. The number of rotatable bonds is 2. The van der Waals surface area contributed by atoms with Crippen LogP contribution in [0.4, 0.5) is 0 Å². The Morgan fingerprint density at radius 1 is 1.23 bits per heavy atom. The molecule has 0 saturated heterocycles. The van der Waals surface area contributed by atoms with Crippen LogP contribution in [0, 0.1) is 5.92 Å². The SMILES string of the molecule is C[C@H](N)[C@H](O)C1CCC(O)C(O)C1. The van der Waals surface area contributed by atoms with Crippen LogP contribution < -0.4 is 5.73 Å². The fourth-order valence-corrected chi connectivity index (χ4v) is 1.90. The van der Waals surface area contributed by atoms with Gasteiger partial charge in [-0.25, -0.2) is 0 Å². The van der Waals surface area contributed by atoms with Crippen molar-refractivity contribution in [1.29, 1.82) is 0 Å². The third-order valence-electron chi connectivity index (χ3n) is 2.84. The lowest BCUT2D eigenvalue weighted by Crippen LogP contribution is -2.44. The molecule has 5 N–H and O–H groups in total. The Hall–Kier alpha value is -0.160. The largest absolute Gasteiger partial charge is 0.391 e. The second-order valence-electron chi connectivity index (χ2n) is 4.06. The fraction of sp³-hybridized carbons (Fsp3) is 1.00. The first-order chi connectivity index (χ1) is 6.02. The van der Waals surface area contributed by atoms with Crippen LogP contribution >= 0.6 is 0 Å². The van der Waals surface area contributed by atoms with Gasteiger partial charge in [0.15, 0.2) is 0 Å². The molecule has 5 atom stereocenters. The molecular weight excluding hydrogens is 170 g/mol. The van der Waals surface area contributed by atoms with Crippen LogP contribution in [0.3, 0.4) is 0 Å². The summed E-state index contributed by atoms with van der Waals surface area (Å²) in [4.78, 5) is 0. The smallest absolute Gasteiger partial charge is 0.0802 e. The third-order valence-corrected chi connectivity index (χ3v) is 2.84. The summed E-state index contributed by atoms with van der Waals surface area (Å²) < 4.78 is 0. The zero-order chi connectivity index (χ0) is 10.0. The van der Waals surface area contributed by atoms with Crippen molar-refractivity contribution in [2.24, 2.45) is 11.7 Å². The molecule has 0 aromatic heterocycles. The van der Waals surface area contributed by atoms with E-state index in [9.17, 15) is 15.3 Å². The molecule has 0 bridgehead atoms. The molecule has 1 aliphatic rings. The summed E-state index contributed by atoms with van der Waals surface area (Å²) in [6.07, 6.45) is -0.161. The minimum Gasteiger partial charge on any atom is -0.391 e. The van der Waals surface area contributed by atoms with Crippen molar-refractivity contribution in [3.63, 3.8) is 0 Å². The summed E-state index contributed by atoms with van der Waals surface area (Å²) in [6, 6.07) is -0.271. The molecule has 0 aromatic carbocycles. The topological polar surface area (TPSA) is 86.7 Å². The van der Waals surface area contributed by atoms with Crippen molar-refractivity contribution in [2.45, 2.75) is 50.5 Å². The molecule has 4 nitrogen and oxygen atoms in total. The van der Waals surface area contributed by atoms with Crippen LogP contribution in [0.1, 0.15) is 26.2 Å². The zero-order valence-corrected chi connectivity index (χ0v) is 7.93. The Kier molecular flexibility index (Phi) is 3.67. The van der Waals surface area contributed by atoms with Gasteiger partial charge < -0.3 is 21.1 Å². The van der Waals surface area contributed by atoms with Gasteiger partial charge in [0.1, 0.15) is 0 Å². The molecule has 1 rings (SSSR count). The molecule has 13 heavy (non-hydrogen) atoms. The predicted octanol–water partition coefficient (Wildman–Crippen LogP) is -0.784. The molecule has 1 aliphatic carbocycles. The summed E-state index contributed by atoms with van der Waals surface area (Å²) in [5.74, 6) is 0.0263. The van der Waals surface area contributed by atoms with Gasteiger partial charge in [-0.3, -0.25) is 0 Å². The number of nitrogens with two attached hydrogens (primary N) is 1. The molecule has 0 amide bonds. The van der Waals surface area contributed by atoms with Gasteiger partial charge in [-0.1, -0.05) is 0 Å². The van der Waals surface area contributed by atoms with E-state index < -0.39 is 18.3 Å². The highest BCUT2D eigenvalue weighted by molar-refractivity contribution is 4.85. The maximum Gasteiger partial charge on any atom is 0.0802 e. The Morgan fingerprint density at radius 3 is 2.31 bits per heavy atom. The first-order valence-corrected chi connectivity index (χ1v) is 4.82. The summed E-state index contributed by atoms with van der Waals surface area (Å²) in [7, 11) is 0. The van der Waals surface area contributed by atoms with Gasteiger partial charge in [0.2, 0.25) is 0 Å². The molecule has 0 aromatic rings. The standard InChI is InChI=1S/C9H19NO3/c1-5(10)9(13)6-2-3-7(11)8(12)4-6/h5-9,11-13H,2-4,10H2,1H3/t5-,6?,7?,8?,9-/m0/s1. The number of hydrogen-bond acceptors (Lipinski definition) is 4. The zero-order valence-electron chi connectivity index (χ0n) is 7.93. The maximum atomic E-state index is 9.64. The predicted molar refractivity (Wildman–Crippen MR) is 49.0 cm³/mol. The summed E-state index contributed by atoms with van der Waals surface area (Å²) >= 11 is 0. The van der Waals surface area contributed by atoms with Crippen molar-refractivity contribution in [3.05, 3.63) is 0 Å². The minimum absolute atomic E-state index is 0.0263. The fourth-order valence-electron chi connectivity index (χ4n) is 1.90. The van der Waals surface area contributed by atoms with E-state index >= 15 is 0 Å². The van der Waals surface area contributed by atoms with Crippen LogP contribution in [-0.2, 0) is 0 Å². The van der Waals surface area contributed by atoms with Crippen molar-refractivity contribution in [1.82, 2.24) is 0 Å². The van der Waals surface area contributed by atoms with E-state index in [1.54, 1.807) is 6.92 Å². The first-order valence-electron chi connectivity index (χ1n) is 4.82. The van der Waals surface area contributed by atoms with Gasteiger partial charge in [0.25, 0.3) is 0 Å². The average Bonchev–Trinajstić information content (AvgIpc) is 2.08. The molecule has 1 fully saturated rings. The van der Waals surface area contributed by atoms with Crippen molar-refractivity contribution in [3.8, 4) is 0 Å². The summed E-state index contributed by atoms with van der Waals surface area (Å²) in [6.45, 7) is 1.75. The average molecular weight is 189 g/mol. The molecule has 0 spiro atoms. The van der Waals surface area contributed by atoms with Crippen LogP contribution in [-0.4, -0.2) is 39.7 Å². The molecule has 1 saturated carbocycles. The summed E-state index contributed by atoms with van der Waals surface area (Å²) in [5.41, 5.74) is 5.55. The molecule has 4 heteroatoms. The Bertz CT molecular complexity index is 163. The van der Waals surface area contributed by atoms with E-state index in [1.807, 2.05) is 0 Å². The molecule has 0 radical (unpaired) electrons. The van der Waals surface area contributed by atoms with Crippen LogP contribution in [0.25, 0.3) is 0 Å². The second-order valence-corrected chi connectivity index (χ2v) is 4.06. The Morgan fingerprint density at radius 2 is 1.85 bits per heavy atom. The van der Waals surface area contributed by atoms with E-state index in [0.29, 0.717) is 12.8 Å². The van der Waals surface area contributed by atoms with Gasteiger partial charge in [0.05, 0.1) is 18.3 Å². The Balaban J connectivity index is 2.45. The molecule has 3 unspecified atom stereocenters. The maximum absolute atomic E-state index is 9.64. The first kappa shape index (κ1) is 10.9. The number of aliphatic hydroxyl groups excluding tert-OH is 3. The lowest BCUT2D eigenvalue weighted by Gasteiger charge is -2.34. The van der Waals surface area contributed by atoms with Gasteiger partial charge in [0, 0.05) is 6.04 Å². The van der Waals surface area contributed by atoms with E-state index in [1.165, 1.54) is 0 Å². The van der Waals surface area contributed by atoms with Crippen molar-refractivity contribution < 1.29 is 15.3 Å². The normalized spacial score (nSPS) is 39.9. The van der Waals surface area contributed by atoms with Crippen LogP contribution in [0.15, 0.2) is 0 Å². The second kappa shape index (κ2) is 4.37. The van der Waals surface area contributed by atoms with Gasteiger partial charge in [-0.15, -0.1) is 0 Å². The van der Waals surface area contributed by atoms with Crippen molar-refractivity contribution >= 4 is 0 Å². The van der Waals surface area contributed by atoms with Gasteiger partial charge in [-0.2, -0.15) is 0 Å². The van der Waals surface area contributed by atoms with E-state index in [2.05, 4.69) is 0 Å². The summed E-state index contributed by atoms with van der Waals surface area (Å²) in [5, 5.41) is 28.3. The number of aliphatic hydroxyl groups is 3. The van der Waals surface area contributed by atoms with E-state index in [0.717, 1.165) is 6.42 Å². The quantitative estimate of drug-likeness (QED) is 0.459. The van der Waals surface area contributed by atoms with Crippen molar-refractivity contribution in [2.75, 3.05) is 0 Å². The molecular formula is C9H19NO3. The molecule has 78 valence electrons. The minimum atomic E-state index is -0.702. The lowest BCUT2D eigenvalue weighted by atomic mass is 9.80.